The van der Waals surface area contributed by atoms with Gasteiger partial charge in [0.25, 0.3) is 5.69 Å². The maximum atomic E-state index is 12.5. The average Bonchev–Trinajstić information content (AvgIpc) is 2.47. The molecule has 0 saturated carbocycles. The summed E-state index contributed by atoms with van der Waals surface area (Å²) in [7, 11) is -3.71. The third-order valence-electron chi connectivity index (χ3n) is 3.67. The highest BCUT2D eigenvalue weighted by atomic mass is 32.2. The van der Waals surface area contributed by atoms with Crippen LogP contribution in [-0.2, 0) is 14.8 Å². The third-order valence-corrected chi connectivity index (χ3v) is 5.54. The normalized spacial score (nSPS) is 20.4. The van der Waals surface area contributed by atoms with Crippen molar-refractivity contribution in [2.75, 3.05) is 13.1 Å². The zero-order valence-electron chi connectivity index (χ0n) is 11.6. The molecule has 1 saturated heterocycles. The Kier molecular flexibility index (Phi) is 4.38. The van der Waals surface area contributed by atoms with E-state index in [2.05, 4.69) is 0 Å². The van der Waals surface area contributed by atoms with Crippen LogP contribution in [-0.4, -0.2) is 36.5 Å². The predicted molar refractivity (Wildman–Crippen MR) is 75.3 cm³/mol. The minimum Gasteiger partial charge on any atom is -0.299 e. The van der Waals surface area contributed by atoms with Gasteiger partial charge in [0.2, 0.25) is 10.0 Å². The summed E-state index contributed by atoms with van der Waals surface area (Å²) >= 11 is 0. The Bertz CT molecular complexity index is 654. The van der Waals surface area contributed by atoms with E-state index in [9.17, 15) is 23.3 Å². The second-order valence-electron chi connectivity index (χ2n) is 4.94. The van der Waals surface area contributed by atoms with Crippen molar-refractivity contribution in [3.05, 3.63) is 34.4 Å². The molecule has 114 valence electrons. The molecule has 0 radical (unpaired) electrons. The SMILES string of the molecule is CCC1CN(S(=O)(=O)c2ccc([N+](=O)[O-])cc2)CCC1=O. The first-order valence-electron chi connectivity index (χ1n) is 6.63. The number of sulfonamides is 1. The summed E-state index contributed by atoms with van der Waals surface area (Å²) in [5.41, 5.74) is -0.158. The van der Waals surface area contributed by atoms with Crippen LogP contribution in [0.3, 0.4) is 0 Å². The number of rotatable bonds is 4. The van der Waals surface area contributed by atoms with Crippen molar-refractivity contribution in [3.8, 4) is 0 Å². The van der Waals surface area contributed by atoms with Gasteiger partial charge in [0.15, 0.2) is 0 Å². The molecular weight excluding hydrogens is 296 g/mol. The molecule has 0 amide bonds. The number of ketones is 1. The first-order chi connectivity index (χ1) is 9.86. The van der Waals surface area contributed by atoms with E-state index in [4.69, 9.17) is 0 Å². The van der Waals surface area contributed by atoms with E-state index >= 15 is 0 Å². The topological polar surface area (TPSA) is 97.6 Å². The summed E-state index contributed by atoms with van der Waals surface area (Å²) in [5.74, 6) is -0.181. The smallest absolute Gasteiger partial charge is 0.269 e. The van der Waals surface area contributed by atoms with Crippen molar-refractivity contribution in [2.45, 2.75) is 24.7 Å². The number of Topliss-reactive ketones (excluding diaryl/α,β-unsaturated/α-hetero) is 1. The standard InChI is InChI=1S/C13H16N2O5S/c1-2-10-9-14(8-7-13(10)16)21(19,20)12-5-3-11(4-6-12)15(17)18/h3-6,10H,2,7-9H2,1H3. The number of nitro benzene ring substituents is 1. The number of hydrogen-bond donors (Lipinski definition) is 0. The molecule has 2 rings (SSSR count). The summed E-state index contributed by atoms with van der Waals surface area (Å²) in [5, 5.41) is 10.6. The van der Waals surface area contributed by atoms with E-state index in [1.54, 1.807) is 0 Å². The summed E-state index contributed by atoms with van der Waals surface area (Å²) in [6.07, 6.45) is 0.815. The molecule has 1 fully saturated rings. The fraction of sp³-hybridized carbons (Fsp3) is 0.462. The van der Waals surface area contributed by atoms with E-state index in [0.717, 1.165) is 0 Å². The minimum absolute atomic E-state index is 0.0114. The van der Waals surface area contributed by atoms with Gasteiger partial charge in [-0.3, -0.25) is 14.9 Å². The average molecular weight is 312 g/mol. The van der Waals surface area contributed by atoms with Gasteiger partial charge >= 0.3 is 0 Å². The molecule has 0 aliphatic carbocycles. The minimum atomic E-state index is -3.71. The van der Waals surface area contributed by atoms with Crippen LogP contribution in [0.5, 0.6) is 0 Å². The largest absolute Gasteiger partial charge is 0.299 e. The molecule has 0 spiro atoms. The van der Waals surface area contributed by atoms with Gasteiger partial charge in [-0.1, -0.05) is 6.92 Å². The van der Waals surface area contributed by atoms with Crippen molar-refractivity contribution in [1.82, 2.24) is 4.31 Å². The van der Waals surface area contributed by atoms with Gasteiger partial charge in [-0.05, 0) is 18.6 Å². The summed E-state index contributed by atoms with van der Waals surface area (Å²) in [4.78, 5) is 21.7. The molecule has 1 aliphatic heterocycles. The Morgan fingerprint density at radius 1 is 1.33 bits per heavy atom. The second kappa shape index (κ2) is 5.90. The first-order valence-corrected chi connectivity index (χ1v) is 8.07. The molecular formula is C13H16N2O5S. The third kappa shape index (κ3) is 3.11. The number of carbonyl (C=O) groups is 1. The first kappa shape index (κ1) is 15.6. The van der Waals surface area contributed by atoms with Crippen LogP contribution in [0.4, 0.5) is 5.69 Å². The van der Waals surface area contributed by atoms with E-state index in [1.165, 1.54) is 28.6 Å². The molecule has 0 aromatic heterocycles. The molecule has 1 aromatic carbocycles. The predicted octanol–water partition coefficient (Wildman–Crippen LogP) is 1.58. The van der Waals surface area contributed by atoms with E-state index in [0.29, 0.717) is 6.42 Å². The van der Waals surface area contributed by atoms with Crippen LogP contribution in [0.1, 0.15) is 19.8 Å². The van der Waals surface area contributed by atoms with Crippen LogP contribution in [0.15, 0.2) is 29.2 Å². The van der Waals surface area contributed by atoms with Crippen LogP contribution in [0.2, 0.25) is 0 Å². The van der Waals surface area contributed by atoms with Crippen LogP contribution < -0.4 is 0 Å². The monoisotopic (exact) mass is 312 g/mol. The van der Waals surface area contributed by atoms with Gasteiger partial charge in [-0.25, -0.2) is 8.42 Å². The Balaban J connectivity index is 2.25. The maximum Gasteiger partial charge on any atom is 0.269 e. The summed E-state index contributed by atoms with van der Waals surface area (Å²) < 4.78 is 26.2. The fourth-order valence-corrected chi connectivity index (χ4v) is 3.83. The number of benzene rings is 1. The van der Waals surface area contributed by atoms with Gasteiger partial charge in [-0.15, -0.1) is 0 Å². The summed E-state index contributed by atoms with van der Waals surface area (Å²) in [6, 6.07) is 4.79. The highest BCUT2D eigenvalue weighted by Gasteiger charge is 2.33. The number of hydrogen-bond acceptors (Lipinski definition) is 5. The van der Waals surface area contributed by atoms with Crippen molar-refractivity contribution < 1.29 is 18.1 Å². The highest BCUT2D eigenvalue weighted by Crippen LogP contribution is 2.24. The van der Waals surface area contributed by atoms with Gasteiger partial charge in [0, 0.05) is 37.6 Å². The quantitative estimate of drug-likeness (QED) is 0.621. The molecule has 21 heavy (non-hydrogen) atoms. The molecule has 8 heteroatoms. The lowest BCUT2D eigenvalue weighted by Gasteiger charge is -2.30. The molecule has 1 atom stereocenters. The Morgan fingerprint density at radius 3 is 2.48 bits per heavy atom. The van der Waals surface area contributed by atoms with E-state index < -0.39 is 14.9 Å². The van der Waals surface area contributed by atoms with Gasteiger partial charge in [0.05, 0.1) is 9.82 Å². The molecule has 0 bridgehead atoms. The molecule has 1 aromatic rings. The van der Waals surface area contributed by atoms with Crippen molar-refractivity contribution in [2.24, 2.45) is 5.92 Å². The van der Waals surface area contributed by atoms with Crippen LogP contribution in [0.25, 0.3) is 0 Å². The zero-order chi connectivity index (χ0) is 15.6. The lowest BCUT2D eigenvalue weighted by molar-refractivity contribution is -0.384. The number of carbonyl (C=O) groups excluding carboxylic acids is 1. The van der Waals surface area contributed by atoms with Gasteiger partial charge < -0.3 is 0 Å². The molecule has 1 heterocycles. The molecule has 0 N–H and O–H groups in total. The maximum absolute atomic E-state index is 12.5. The number of nitro groups is 1. The molecule has 7 nitrogen and oxygen atoms in total. The van der Waals surface area contributed by atoms with Crippen molar-refractivity contribution in [1.29, 1.82) is 0 Å². The molecule has 1 unspecified atom stereocenters. The number of non-ortho nitro benzene ring substituents is 1. The zero-order valence-corrected chi connectivity index (χ0v) is 12.4. The van der Waals surface area contributed by atoms with Crippen molar-refractivity contribution >= 4 is 21.5 Å². The molecule has 1 aliphatic rings. The lowest BCUT2D eigenvalue weighted by atomic mass is 9.96. The fourth-order valence-electron chi connectivity index (χ4n) is 2.34. The second-order valence-corrected chi connectivity index (χ2v) is 6.87. The van der Waals surface area contributed by atoms with Crippen LogP contribution >= 0.6 is 0 Å². The Labute approximate surface area is 122 Å². The van der Waals surface area contributed by atoms with E-state index in [-0.39, 0.29) is 41.8 Å². The number of nitrogens with zero attached hydrogens (tertiary/aromatic N) is 2. The van der Waals surface area contributed by atoms with Crippen molar-refractivity contribution in [3.63, 3.8) is 0 Å². The Morgan fingerprint density at radius 2 is 1.95 bits per heavy atom. The van der Waals surface area contributed by atoms with Crippen LogP contribution in [0, 0.1) is 16.0 Å². The number of piperidine rings is 1. The van der Waals surface area contributed by atoms with Gasteiger partial charge in [0.1, 0.15) is 5.78 Å². The Hall–Kier alpha value is -1.80. The highest BCUT2D eigenvalue weighted by molar-refractivity contribution is 7.89. The summed E-state index contributed by atoms with van der Waals surface area (Å²) in [6.45, 7) is 2.19. The van der Waals surface area contributed by atoms with Gasteiger partial charge in [-0.2, -0.15) is 4.31 Å². The van der Waals surface area contributed by atoms with E-state index in [1.807, 2.05) is 6.92 Å². The lowest BCUT2D eigenvalue weighted by Crippen LogP contribution is -2.43.